The smallest absolute Gasteiger partial charge is 0.162 e. The highest BCUT2D eigenvalue weighted by Gasteiger charge is 2.20. The SMILES string of the molecule is COc1cc(Cl)c(C(O)c2ccc(C)cc2Cl)cc1OC. The van der Waals surface area contributed by atoms with Crippen LogP contribution in [-0.4, -0.2) is 19.3 Å². The number of benzene rings is 2. The van der Waals surface area contributed by atoms with Crippen LogP contribution in [0.25, 0.3) is 0 Å². The average molecular weight is 327 g/mol. The highest BCUT2D eigenvalue weighted by atomic mass is 35.5. The van der Waals surface area contributed by atoms with Gasteiger partial charge in [-0.3, -0.25) is 0 Å². The molecular formula is C16H16Cl2O3. The molecule has 2 rings (SSSR count). The Bertz CT molecular complexity index is 656. The molecule has 0 saturated carbocycles. The predicted octanol–water partition coefficient (Wildman–Crippen LogP) is 4.40. The van der Waals surface area contributed by atoms with E-state index in [0.29, 0.717) is 32.7 Å². The van der Waals surface area contributed by atoms with Gasteiger partial charge >= 0.3 is 0 Å². The first-order chi connectivity index (χ1) is 9.97. The summed E-state index contributed by atoms with van der Waals surface area (Å²) in [6.07, 6.45) is -0.939. The Morgan fingerprint density at radius 1 is 0.905 bits per heavy atom. The number of aliphatic hydroxyl groups excluding tert-OH is 1. The summed E-state index contributed by atoms with van der Waals surface area (Å²) in [6.45, 7) is 1.94. The number of ether oxygens (including phenoxy) is 2. The molecule has 1 unspecified atom stereocenters. The van der Waals surface area contributed by atoms with E-state index in [-0.39, 0.29) is 0 Å². The van der Waals surface area contributed by atoms with E-state index in [1.165, 1.54) is 14.2 Å². The summed E-state index contributed by atoms with van der Waals surface area (Å²) in [5, 5.41) is 11.4. The van der Waals surface area contributed by atoms with E-state index in [1.54, 1.807) is 24.3 Å². The lowest BCUT2D eigenvalue weighted by Gasteiger charge is -2.17. The minimum atomic E-state index is -0.939. The lowest BCUT2D eigenvalue weighted by atomic mass is 10.00. The third-order valence-electron chi connectivity index (χ3n) is 3.25. The first-order valence-electron chi connectivity index (χ1n) is 6.33. The number of aliphatic hydroxyl groups is 1. The molecule has 0 aromatic heterocycles. The maximum atomic E-state index is 10.6. The fourth-order valence-corrected chi connectivity index (χ4v) is 2.70. The molecule has 1 atom stereocenters. The van der Waals surface area contributed by atoms with Gasteiger partial charge in [-0.05, 0) is 24.6 Å². The fraction of sp³-hybridized carbons (Fsp3) is 0.250. The third kappa shape index (κ3) is 3.26. The molecular weight excluding hydrogens is 311 g/mol. The molecule has 1 N–H and O–H groups in total. The zero-order chi connectivity index (χ0) is 15.6. The summed E-state index contributed by atoms with van der Waals surface area (Å²) in [5.74, 6) is 1.01. The van der Waals surface area contributed by atoms with Gasteiger partial charge in [0.1, 0.15) is 6.10 Å². The van der Waals surface area contributed by atoms with E-state index >= 15 is 0 Å². The molecule has 5 heteroatoms. The summed E-state index contributed by atoms with van der Waals surface area (Å²) in [7, 11) is 3.06. The molecule has 0 fully saturated rings. The molecule has 0 aliphatic carbocycles. The van der Waals surface area contributed by atoms with Crippen LogP contribution in [0.1, 0.15) is 22.8 Å². The van der Waals surface area contributed by atoms with Crippen molar-refractivity contribution in [1.82, 2.24) is 0 Å². The summed E-state index contributed by atoms with van der Waals surface area (Å²) < 4.78 is 10.4. The van der Waals surface area contributed by atoms with E-state index in [2.05, 4.69) is 0 Å². The van der Waals surface area contributed by atoms with Crippen molar-refractivity contribution in [3.63, 3.8) is 0 Å². The van der Waals surface area contributed by atoms with Gasteiger partial charge in [-0.1, -0.05) is 35.3 Å². The molecule has 3 nitrogen and oxygen atoms in total. The van der Waals surface area contributed by atoms with Crippen LogP contribution in [0.4, 0.5) is 0 Å². The van der Waals surface area contributed by atoms with Gasteiger partial charge < -0.3 is 14.6 Å². The topological polar surface area (TPSA) is 38.7 Å². The summed E-state index contributed by atoms with van der Waals surface area (Å²) in [5.41, 5.74) is 2.13. The van der Waals surface area contributed by atoms with E-state index in [4.69, 9.17) is 32.7 Å². The Hall–Kier alpha value is -1.42. The van der Waals surface area contributed by atoms with Crippen molar-refractivity contribution in [3.05, 3.63) is 57.1 Å². The maximum Gasteiger partial charge on any atom is 0.162 e. The van der Waals surface area contributed by atoms with Crippen molar-refractivity contribution in [2.24, 2.45) is 0 Å². The summed E-state index contributed by atoms with van der Waals surface area (Å²) in [4.78, 5) is 0. The molecule has 0 heterocycles. The minimum absolute atomic E-state index is 0.386. The number of rotatable bonds is 4. The average Bonchev–Trinajstić information content (AvgIpc) is 2.46. The second-order valence-electron chi connectivity index (χ2n) is 4.66. The van der Waals surface area contributed by atoms with Crippen LogP contribution in [0, 0.1) is 6.92 Å². The second kappa shape index (κ2) is 6.56. The van der Waals surface area contributed by atoms with Crippen molar-refractivity contribution in [1.29, 1.82) is 0 Å². The molecule has 0 saturated heterocycles. The van der Waals surface area contributed by atoms with E-state index in [0.717, 1.165) is 5.56 Å². The van der Waals surface area contributed by atoms with Crippen molar-refractivity contribution >= 4 is 23.2 Å². The molecule has 21 heavy (non-hydrogen) atoms. The van der Waals surface area contributed by atoms with Gasteiger partial charge in [-0.15, -0.1) is 0 Å². The number of methoxy groups -OCH3 is 2. The molecule has 2 aromatic carbocycles. The number of halogens is 2. The van der Waals surface area contributed by atoms with Gasteiger partial charge in [0, 0.05) is 22.2 Å². The van der Waals surface area contributed by atoms with Crippen LogP contribution >= 0.6 is 23.2 Å². The largest absolute Gasteiger partial charge is 0.493 e. The van der Waals surface area contributed by atoms with Crippen LogP contribution in [0.2, 0.25) is 10.0 Å². The number of hydrogen-bond acceptors (Lipinski definition) is 3. The van der Waals surface area contributed by atoms with Crippen molar-refractivity contribution in [2.75, 3.05) is 14.2 Å². The number of aryl methyl sites for hydroxylation is 1. The Balaban J connectivity index is 2.50. The van der Waals surface area contributed by atoms with E-state index in [9.17, 15) is 5.11 Å². The monoisotopic (exact) mass is 326 g/mol. The normalized spacial score (nSPS) is 12.1. The molecule has 0 radical (unpaired) electrons. The van der Waals surface area contributed by atoms with Gasteiger partial charge in [-0.2, -0.15) is 0 Å². The Morgan fingerprint density at radius 3 is 2.05 bits per heavy atom. The van der Waals surface area contributed by atoms with Gasteiger partial charge in [0.15, 0.2) is 11.5 Å². The van der Waals surface area contributed by atoms with Crippen molar-refractivity contribution < 1.29 is 14.6 Å². The minimum Gasteiger partial charge on any atom is -0.493 e. The lowest BCUT2D eigenvalue weighted by molar-refractivity contribution is 0.219. The molecule has 0 amide bonds. The zero-order valence-electron chi connectivity index (χ0n) is 12.0. The molecule has 0 bridgehead atoms. The number of hydrogen-bond donors (Lipinski definition) is 1. The highest BCUT2D eigenvalue weighted by molar-refractivity contribution is 6.32. The zero-order valence-corrected chi connectivity index (χ0v) is 13.5. The first kappa shape index (κ1) is 16.0. The molecule has 0 spiro atoms. The maximum absolute atomic E-state index is 10.6. The summed E-state index contributed by atoms with van der Waals surface area (Å²) in [6, 6.07) is 8.74. The van der Waals surface area contributed by atoms with Crippen molar-refractivity contribution in [3.8, 4) is 11.5 Å². The quantitative estimate of drug-likeness (QED) is 0.904. The van der Waals surface area contributed by atoms with Crippen LogP contribution in [0.5, 0.6) is 11.5 Å². The van der Waals surface area contributed by atoms with Crippen LogP contribution in [0.3, 0.4) is 0 Å². The summed E-state index contributed by atoms with van der Waals surface area (Å²) >= 11 is 12.4. The predicted molar refractivity (Wildman–Crippen MR) is 84.8 cm³/mol. The molecule has 2 aromatic rings. The lowest BCUT2D eigenvalue weighted by Crippen LogP contribution is -2.03. The van der Waals surface area contributed by atoms with Gasteiger partial charge in [-0.25, -0.2) is 0 Å². The van der Waals surface area contributed by atoms with Crippen LogP contribution < -0.4 is 9.47 Å². The highest BCUT2D eigenvalue weighted by Crippen LogP contribution is 2.39. The second-order valence-corrected chi connectivity index (χ2v) is 5.47. The van der Waals surface area contributed by atoms with Gasteiger partial charge in [0.25, 0.3) is 0 Å². The molecule has 112 valence electrons. The van der Waals surface area contributed by atoms with E-state index in [1.807, 2.05) is 13.0 Å². The standard InChI is InChI=1S/C16H16Cl2O3/c1-9-4-5-10(12(17)6-9)16(19)11-7-14(20-2)15(21-3)8-13(11)18/h4-8,16,19H,1-3H3. The van der Waals surface area contributed by atoms with E-state index < -0.39 is 6.10 Å². The van der Waals surface area contributed by atoms with Gasteiger partial charge in [0.2, 0.25) is 0 Å². The fourth-order valence-electron chi connectivity index (χ4n) is 2.10. The third-order valence-corrected chi connectivity index (χ3v) is 3.90. The Morgan fingerprint density at radius 2 is 1.48 bits per heavy atom. The Kier molecular flexibility index (Phi) is 4.99. The molecule has 0 aliphatic rings. The van der Waals surface area contributed by atoms with Crippen molar-refractivity contribution in [2.45, 2.75) is 13.0 Å². The van der Waals surface area contributed by atoms with Crippen LogP contribution in [0.15, 0.2) is 30.3 Å². The Labute approximate surface area is 134 Å². The molecule has 0 aliphatic heterocycles. The van der Waals surface area contributed by atoms with Gasteiger partial charge in [0.05, 0.1) is 19.2 Å². The van der Waals surface area contributed by atoms with Crippen LogP contribution in [-0.2, 0) is 0 Å². The first-order valence-corrected chi connectivity index (χ1v) is 7.09.